The Kier molecular flexibility index (Phi) is 10.3. The fourth-order valence-electron chi connectivity index (χ4n) is 4.36. The summed E-state index contributed by atoms with van der Waals surface area (Å²) in [5.74, 6) is 1.82. The zero-order valence-electron chi connectivity index (χ0n) is 17.8. The predicted molar refractivity (Wildman–Crippen MR) is 130 cm³/mol. The molecule has 1 aliphatic carbocycles. The quantitative estimate of drug-likeness (QED) is 0.294. The summed E-state index contributed by atoms with van der Waals surface area (Å²) < 4.78 is 5.14. The normalized spacial score (nSPS) is 19.0. The van der Waals surface area contributed by atoms with E-state index in [1.54, 1.807) is 13.2 Å². The van der Waals surface area contributed by atoms with Gasteiger partial charge in [0.05, 0.1) is 7.11 Å². The van der Waals surface area contributed by atoms with Gasteiger partial charge in [0, 0.05) is 44.3 Å². The van der Waals surface area contributed by atoms with Crippen molar-refractivity contribution in [2.75, 3.05) is 33.3 Å². The molecule has 0 aromatic heterocycles. The van der Waals surface area contributed by atoms with Crippen LogP contribution in [-0.2, 0) is 6.42 Å². The lowest BCUT2D eigenvalue weighted by atomic mass is 10.0. The Bertz CT molecular complexity index is 642. The molecule has 0 radical (unpaired) electrons. The van der Waals surface area contributed by atoms with E-state index >= 15 is 0 Å². The second-order valence-corrected chi connectivity index (χ2v) is 7.90. The van der Waals surface area contributed by atoms with Crippen molar-refractivity contribution in [2.24, 2.45) is 4.99 Å². The van der Waals surface area contributed by atoms with Gasteiger partial charge in [-0.1, -0.05) is 18.9 Å². The van der Waals surface area contributed by atoms with Crippen LogP contribution in [0.4, 0.5) is 0 Å². The first kappa shape index (κ1) is 24.1. The van der Waals surface area contributed by atoms with E-state index in [0.717, 1.165) is 24.1 Å². The topological polar surface area (TPSA) is 69.1 Å². The molecule has 0 spiro atoms. The number of piperidine rings is 1. The van der Waals surface area contributed by atoms with Crippen LogP contribution in [0.1, 0.15) is 51.0 Å². The summed E-state index contributed by atoms with van der Waals surface area (Å²) in [7, 11) is 1.60. The zero-order valence-corrected chi connectivity index (χ0v) is 20.2. The first-order valence-corrected chi connectivity index (χ1v) is 10.8. The van der Waals surface area contributed by atoms with Crippen molar-refractivity contribution in [1.29, 1.82) is 0 Å². The second-order valence-electron chi connectivity index (χ2n) is 7.90. The van der Waals surface area contributed by atoms with Crippen LogP contribution in [0.15, 0.2) is 23.2 Å². The molecule has 0 atom stereocenters. The van der Waals surface area contributed by atoms with Crippen LogP contribution < -0.4 is 15.4 Å². The van der Waals surface area contributed by atoms with Gasteiger partial charge in [-0.25, -0.2) is 0 Å². The largest absolute Gasteiger partial charge is 0.508 e. The summed E-state index contributed by atoms with van der Waals surface area (Å²) in [6.45, 7) is 5.97. The summed E-state index contributed by atoms with van der Waals surface area (Å²) in [5.41, 5.74) is 0.894. The number of halogens is 1. The van der Waals surface area contributed by atoms with Gasteiger partial charge in [-0.2, -0.15) is 0 Å². The van der Waals surface area contributed by atoms with Crippen molar-refractivity contribution in [1.82, 2.24) is 15.5 Å². The Labute approximate surface area is 192 Å². The van der Waals surface area contributed by atoms with Gasteiger partial charge in [0.15, 0.2) is 5.96 Å². The Morgan fingerprint density at radius 3 is 2.55 bits per heavy atom. The third kappa shape index (κ3) is 7.20. The molecular weight excluding hydrogens is 479 g/mol. The fraction of sp³-hybridized carbons (Fsp3) is 0.682. The van der Waals surface area contributed by atoms with E-state index in [0.29, 0.717) is 24.8 Å². The molecule has 3 N–H and O–H groups in total. The number of nitrogens with one attached hydrogen (secondary N) is 2. The van der Waals surface area contributed by atoms with E-state index in [-0.39, 0.29) is 29.7 Å². The highest BCUT2D eigenvalue weighted by atomic mass is 127. The molecule has 0 amide bonds. The fourth-order valence-corrected chi connectivity index (χ4v) is 4.36. The number of benzene rings is 1. The number of hydrogen-bond acceptors (Lipinski definition) is 4. The Balaban J connectivity index is 0.00000300. The van der Waals surface area contributed by atoms with E-state index in [9.17, 15) is 5.11 Å². The molecule has 1 saturated carbocycles. The number of ether oxygens (including phenoxy) is 1. The SMILES string of the molecule is CCNC(=NCCc1ccc(OC)cc1O)NC1CCN(C2CCCC2)CC1.I. The maximum Gasteiger partial charge on any atom is 0.191 e. The molecule has 1 heterocycles. The summed E-state index contributed by atoms with van der Waals surface area (Å²) in [6, 6.07) is 6.76. The number of methoxy groups -OCH3 is 1. The van der Waals surface area contributed by atoms with Crippen molar-refractivity contribution in [3.63, 3.8) is 0 Å². The summed E-state index contributed by atoms with van der Waals surface area (Å²) in [6.07, 6.45) is 8.65. The Hall–Kier alpha value is -1.22. The Morgan fingerprint density at radius 1 is 1.21 bits per heavy atom. The van der Waals surface area contributed by atoms with Crippen LogP contribution in [0.5, 0.6) is 11.5 Å². The molecule has 3 rings (SSSR count). The molecule has 1 saturated heterocycles. The van der Waals surface area contributed by atoms with Gasteiger partial charge >= 0.3 is 0 Å². The minimum absolute atomic E-state index is 0. The van der Waals surface area contributed by atoms with Crippen LogP contribution in [0.25, 0.3) is 0 Å². The van der Waals surface area contributed by atoms with Gasteiger partial charge in [-0.05, 0) is 50.7 Å². The molecule has 1 aromatic carbocycles. The number of aromatic hydroxyl groups is 1. The molecule has 1 aromatic rings. The molecule has 164 valence electrons. The van der Waals surface area contributed by atoms with Crippen molar-refractivity contribution < 1.29 is 9.84 Å². The van der Waals surface area contributed by atoms with Gasteiger partial charge in [-0.3, -0.25) is 4.99 Å². The van der Waals surface area contributed by atoms with E-state index in [2.05, 4.69) is 22.5 Å². The van der Waals surface area contributed by atoms with E-state index in [1.165, 1.54) is 51.6 Å². The van der Waals surface area contributed by atoms with Crippen LogP contribution in [0, 0.1) is 0 Å². The Morgan fingerprint density at radius 2 is 1.93 bits per heavy atom. The lowest BCUT2D eigenvalue weighted by Gasteiger charge is -2.36. The van der Waals surface area contributed by atoms with Crippen molar-refractivity contribution in [3.05, 3.63) is 23.8 Å². The van der Waals surface area contributed by atoms with Gasteiger partial charge in [0.2, 0.25) is 0 Å². The molecule has 2 fully saturated rings. The van der Waals surface area contributed by atoms with Crippen molar-refractivity contribution in [3.8, 4) is 11.5 Å². The monoisotopic (exact) mass is 516 g/mol. The maximum atomic E-state index is 10.1. The molecule has 7 heteroatoms. The third-order valence-electron chi connectivity index (χ3n) is 6.00. The smallest absolute Gasteiger partial charge is 0.191 e. The molecule has 2 aliphatic rings. The van der Waals surface area contributed by atoms with Gasteiger partial charge < -0.3 is 25.4 Å². The molecule has 6 nitrogen and oxygen atoms in total. The number of phenolic OH excluding ortho intramolecular Hbond substituents is 1. The number of likely N-dealkylation sites (tertiary alicyclic amines) is 1. The molecule has 0 unspecified atom stereocenters. The first-order valence-electron chi connectivity index (χ1n) is 10.8. The number of rotatable bonds is 7. The summed E-state index contributed by atoms with van der Waals surface area (Å²) in [4.78, 5) is 7.42. The van der Waals surface area contributed by atoms with Gasteiger partial charge in [0.25, 0.3) is 0 Å². The van der Waals surface area contributed by atoms with E-state index < -0.39 is 0 Å². The lowest BCUT2D eigenvalue weighted by Crippen LogP contribution is -2.50. The van der Waals surface area contributed by atoms with Crippen LogP contribution in [0.3, 0.4) is 0 Å². The van der Waals surface area contributed by atoms with Gasteiger partial charge in [-0.15, -0.1) is 24.0 Å². The minimum atomic E-state index is 0. The van der Waals surface area contributed by atoms with Crippen LogP contribution >= 0.6 is 24.0 Å². The van der Waals surface area contributed by atoms with Crippen molar-refractivity contribution in [2.45, 2.75) is 64.0 Å². The van der Waals surface area contributed by atoms with Crippen LogP contribution in [0.2, 0.25) is 0 Å². The number of nitrogens with zero attached hydrogens (tertiary/aromatic N) is 2. The highest BCUT2D eigenvalue weighted by molar-refractivity contribution is 14.0. The molecular formula is C22H37IN4O2. The highest BCUT2D eigenvalue weighted by Gasteiger charge is 2.27. The highest BCUT2D eigenvalue weighted by Crippen LogP contribution is 2.26. The second kappa shape index (κ2) is 12.5. The predicted octanol–water partition coefficient (Wildman–Crippen LogP) is 3.52. The first-order chi connectivity index (χ1) is 13.7. The van der Waals surface area contributed by atoms with Crippen molar-refractivity contribution >= 4 is 29.9 Å². The molecule has 1 aliphatic heterocycles. The summed E-state index contributed by atoms with van der Waals surface area (Å²) >= 11 is 0. The van der Waals surface area contributed by atoms with Gasteiger partial charge in [0.1, 0.15) is 11.5 Å². The van der Waals surface area contributed by atoms with E-state index in [1.807, 2.05) is 12.1 Å². The lowest BCUT2D eigenvalue weighted by molar-refractivity contribution is 0.150. The average molecular weight is 516 g/mol. The van der Waals surface area contributed by atoms with Crippen LogP contribution in [-0.4, -0.2) is 61.3 Å². The molecule has 29 heavy (non-hydrogen) atoms. The maximum absolute atomic E-state index is 10.1. The summed E-state index contributed by atoms with van der Waals surface area (Å²) in [5, 5.41) is 17.1. The third-order valence-corrected chi connectivity index (χ3v) is 6.00. The number of guanidine groups is 1. The average Bonchev–Trinajstić information content (AvgIpc) is 3.24. The zero-order chi connectivity index (χ0) is 19.8. The number of hydrogen-bond donors (Lipinski definition) is 3. The number of phenols is 1. The molecule has 0 bridgehead atoms. The minimum Gasteiger partial charge on any atom is -0.508 e. The standard InChI is InChI=1S/C22H36N4O2.HI/c1-3-23-22(24-13-10-17-8-9-20(28-2)16-21(17)27)25-18-11-14-26(15-12-18)19-6-4-5-7-19;/h8-9,16,18-19,27H,3-7,10-15H2,1-2H3,(H2,23,24,25);1H. The van der Waals surface area contributed by atoms with E-state index in [4.69, 9.17) is 9.73 Å². The number of aliphatic imine (C=N–C) groups is 1.